The molecule has 0 radical (unpaired) electrons. The number of piperazine rings is 1. The van der Waals surface area contributed by atoms with Crippen LogP contribution in [0, 0.1) is 0 Å². The highest BCUT2D eigenvalue weighted by molar-refractivity contribution is 14.0. The smallest absolute Gasteiger partial charge is 0.380 e. The van der Waals surface area contributed by atoms with Crippen LogP contribution in [0.3, 0.4) is 0 Å². The lowest BCUT2D eigenvalue weighted by Gasteiger charge is -2.39. The first kappa shape index (κ1) is 22.7. The average Bonchev–Trinajstić information content (AvgIpc) is 2.49. The summed E-state index contributed by atoms with van der Waals surface area (Å²) in [7, 11) is 0. The summed E-state index contributed by atoms with van der Waals surface area (Å²) in [4.78, 5) is 7.94. The van der Waals surface area contributed by atoms with E-state index < -0.39 is 12.2 Å². The zero-order valence-corrected chi connectivity index (χ0v) is 16.4. The first-order valence-electron chi connectivity index (χ1n) is 7.81. The van der Waals surface area contributed by atoms with Crippen LogP contribution in [0.25, 0.3) is 0 Å². The zero-order valence-electron chi connectivity index (χ0n) is 14.0. The molecular weight excluding hydrogens is 424 g/mol. The van der Waals surface area contributed by atoms with Crippen LogP contribution < -0.4 is 5.32 Å². The zero-order chi connectivity index (χ0) is 16.6. The molecule has 1 unspecified atom stereocenters. The summed E-state index contributed by atoms with van der Waals surface area (Å²) in [6.45, 7) is 9.46. The molecule has 0 aromatic carbocycles. The van der Waals surface area contributed by atoms with Gasteiger partial charge in [-0.1, -0.05) is 0 Å². The van der Waals surface area contributed by atoms with Crippen LogP contribution in [0.2, 0.25) is 0 Å². The Morgan fingerprint density at radius 2 is 1.83 bits per heavy atom. The van der Waals surface area contributed by atoms with Gasteiger partial charge in [-0.05, 0) is 20.8 Å². The molecule has 1 atom stereocenters. The number of hydrogen-bond donors (Lipinski definition) is 1. The predicted octanol–water partition coefficient (Wildman–Crippen LogP) is 2.17. The second-order valence-electron chi connectivity index (χ2n) is 5.17. The van der Waals surface area contributed by atoms with Crippen LogP contribution >= 0.6 is 24.0 Å². The van der Waals surface area contributed by atoms with Gasteiger partial charge < -0.3 is 15.0 Å². The molecule has 138 valence electrons. The minimum atomic E-state index is -4.17. The number of nitrogens with zero attached hydrogens (tertiary/aromatic N) is 3. The van der Waals surface area contributed by atoms with Crippen molar-refractivity contribution >= 4 is 29.9 Å². The molecule has 0 spiro atoms. The van der Waals surface area contributed by atoms with Crippen molar-refractivity contribution in [2.45, 2.75) is 33.0 Å². The fourth-order valence-electron chi connectivity index (χ4n) is 2.31. The average molecular weight is 452 g/mol. The normalized spacial score (nSPS) is 18.5. The number of nitrogens with one attached hydrogen (secondary N) is 1. The van der Waals surface area contributed by atoms with E-state index in [9.17, 15) is 13.2 Å². The molecule has 1 heterocycles. The van der Waals surface area contributed by atoms with Crippen LogP contribution in [0.4, 0.5) is 13.2 Å². The van der Waals surface area contributed by atoms with Crippen molar-refractivity contribution in [3.05, 3.63) is 0 Å². The third-order valence-corrected chi connectivity index (χ3v) is 3.67. The number of halogens is 4. The lowest BCUT2D eigenvalue weighted by molar-refractivity contribution is -0.181. The maximum absolute atomic E-state index is 12.7. The van der Waals surface area contributed by atoms with Crippen LogP contribution in [0.1, 0.15) is 20.8 Å². The summed E-state index contributed by atoms with van der Waals surface area (Å²) < 4.78 is 43.5. The number of guanidine groups is 1. The Morgan fingerprint density at radius 3 is 2.30 bits per heavy atom. The van der Waals surface area contributed by atoms with E-state index in [2.05, 4.69) is 10.3 Å². The van der Waals surface area contributed by atoms with Crippen molar-refractivity contribution < 1.29 is 17.9 Å². The van der Waals surface area contributed by atoms with Gasteiger partial charge in [0.25, 0.3) is 0 Å². The summed E-state index contributed by atoms with van der Waals surface area (Å²) in [5, 5.41) is 3.18. The molecule has 9 heteroatoms. The monoisotopic (exact) mass is 452 g/mol. The summed E-state index contributed by atoms with van der Waals surface area (Å²) in [6, 6.07) is -1.40. The molecule has 1 saturated heterocycles. The van der Waals surface area contributed by atoms with Gasteiger partial charge in [0.05, 0.1) is 13.2 Å². The van der Waals surface area contributed by atoms with Crippen molar-refractivity contribution in [1.82, 2.24) is 15.1 Å². The van der Waals surface area contributed by atoms with E-state index in [4.69, 9.17) is 4.74 Å². The lowest BCUT2D eigenvalue weighted by Crippen LogP contribution is -2.56. The molecule has 0 aromatic rings. The van der Waals surface area contributed by atoms with Gasteiger partial charge in [0.1, 0.15) is 6.04 Å². The van der Waals surface area contributed by atoms with E-state index in [1.54, 1.807) is 0 Å². The minimum Gasteiger partial charge on any atom is -0.380 e. The quantitative estimate of drug-likeness (QED) is 0.290. The Bertz CT molecular complexity index is 347. The number of rotatable bonds is 6. The molecule has 0 aliphatic carbocycles. The van der Waals surface area contributed by atoms with Gasteiger partial charge in [0, 0.05) is 39.3 Å². The lowest BCUT2D eigenvalue weighted by atomic mass is 10.2. The molecule has 1 fully saturated rings. The van der Waals surface area contributed by atoms with Gasteiger partial charge in [-0.3, -0.25) is 9.89 Å². The first-order chi connectivity index (χ1) is 10.4. The van der Waals surface area contributed by atoms with Crippen molar-refractivity contribution in [2.75, 3.05) is 52.5 Å². The van der Waals surface area contributed by atoms with E-state index in [-0.39, 0.29) is 24.0 Å². The predicted molar refractivity (Wildman–Crippen MR) is 96.5 cm³/mol. The second-order valence-corrected chi connectivity index (χ2v) is 5.17. The van der Waals surface area contributed by atoms with E-state index >= 15 is 0 Å². The van der Waals surface area contributed by atoms with Gasteiger partial charge in [-0.2, -0.15) is 13.2 Å². The van der Waals surface area contributed by atoms with Crippen molar-refractivity contribution in [2.24, 2.45) is 4.99 Å². The fraction of sp³-hybridized carbons (Fsp3) is 0.929. The Hall–Kier alpha value is -0.290. The molecule has 0 aromatic heterocycles. The summed E-state index contributed by atoms with van der Waals surface area (Å²) in [6.07, 6.45) is -4.17. The molecule has 0 bridgehead atoms. The Balaban J connectivity index is 0.00000484. The molecule has 1 aliphatic heterocycles. The first-order valence-corrected chi connectivity index (χ1v) is 7.81. The molecule has 1 rings (SSSR count). The van der Waals surface area contributed by atoms with Crippen LogP contribution in [0.15, 0.2) is 4.99 Å². The highest BCUT2D eigenvalue weighted by atomic mass is 127. The maximum atomic E-state index is 12.7. The molecule has 5 nitrogen and oxygen atoms in total. The van der Waals surface area contributed by atoms with Gasteiger partial charge >= 0.3 is 6.18 Å². The summed E-state index contributed by atoms with van der Waals surface area (Å²) >= 11 is 0. The Kier molecular flexibility index (Phi) is 11.2. The topological polar surface area (TPSA) is 40.1 Å². The molecule has 0 amide bonds. The van der Waals surface area contributed by atoms with Crippen molar-refractivity contribution in [3.8, 4) is 0 Å². The molecule has 0 saturated carbocycles. The third kappa shape index (κ3) is 7.88. The molecule has 23 heavy (non-hydrogen) atoms. The van der Waals surface area contributed by atoms with E-state index in [1.165, 1.54) is 11.8 Å². The van der Waals surface area contributed by atoms with E-state index in [1.807, 2.05) is 18.7 Å². The van der Waals surface area contributed by atoms with Crippen LogP contribution in [-0.4, -0.2) is 80.5 Å². The Labute approximate surface area is 153 Å². The number of ether oxygens (including phenoxy) is 1. The second kappa shape index (κ2) is 11.3. The standard InChI is InChI=1S/C14H27F3N4O.HI/c1-4-18-13(19-6-11-22-5-2)21-9-7-20(8-10-21)12(3)14(15,16)17;/h12H,4-11H2,1-3H3,(H,18,19);1H. The number of alkyl halides is 3. The Morgan fingerprint density at radius 1 is 1.22 bits per heavy atom. The minimum absolute atomic E-state index is 0. The van der Waals surface area contributed by atoms with Crippen LogP contribution in [0.5, 0.6) is 0 Å². The molecular formula is C14H28F3IN4O. The molecule has 1 N–H and O–H groups in total. The van der Waals surface area contributed by atoms with Gasteiger partial charge in [-0.25, -0.2) is 0 Å². The maximum Gasteiger partial charge on any atom is 0.403 e. The number of hydrogen-bond acceptors (Lipinski definition) is 3. The highest BCUT2D eigenvalue weighted by Gasteiger charge is 2.41. The van der Waals surface area contributed by atoms with Gasteiger partial charge in [-0.15, -0.1) is 24.0 Å². The van der Waals surface area contributed by atoms with Crippen molar-refractivity contribution in [3.63, 3.8) is 0 Å². The fourth-order valence-corrected chi connectivity index (χ4v) is 2.31. The van der Waals surface area contributed by atoms with E-state index in [0.29, 0.717) is 45.9 Å². The van der Waals surface area contributed by atoms with E-state index in [0.717, 1.165) is 12.5 Å². The van der Waals surface area contributed by atoms with Gasteiger partial charge in [0.2, 0.25) is 0 Å². The van der Waals surface area contributed by atoms with Gasteiger partial charge in [0.15, 0.2) is 5.96 Å². The van der Waals surface area contributed by atoms with Crippen LogP contribution in [-0.2, 0) is 4.74 Å². The summed E-state index contributed by atoms with van der Waals surface area (Å²) in [5.74, 6) is 0.751. The molecule has 1 aliphatic rings. The number of aliphatic imine (C=N–C) groups is 1. The SMILES string of the molecule is CCNC(=NCCOCC)N1CCN(C(C)C(F)(F)F)CC1.I. The third-order valence-electron chi connectivity index (χ3n) is 3.67. The largest absolute Gasteiger partial charge is 0.403 e. The summed E-state index contributed by atoms with van der Waals surface area (Å²) in [5.41, 5.74) is 0. The highest BCUT2D eigenvalue weighted by Crippen LogP contribution is 2.25. The van der Waals surface area contributed by atoms with Crippen molar-refractivity contribution in [1.29, 1.82) is 0 Å².